The SMILES string of the molecule is Cc1ccc(NCCC(C)(C)C)c(F)c1. The molecule has 0 aromatic heterocycles. The Morgan fingerprint density at radius 3 is 2.47 bits per heavy atom. The molecule has 0 fully saturated rings. The van der Waals surface area contributed by atoms with Crippen LogP contribution in [0.1, 0.15) is 32.8 Å². The molecule has 0 unspecified atom stereocenters. The van der Waals surface area contributed by atoms with Gasteiger partial charge in [-0.1, -0.05) is 26.8 Å². The lowest BCUT2D eigenvalue weighted by atomic mass is 9.92. The van der Waals surface area contributed by atoms with Crippen LogP contribution in [0.4, 0.5) is 10.1 Å². The number of nitrogens with one attached hydrogen (secondary N) is 1. The summed E-state index contributed by atoms with van der Waals surface area (Å²) in [5.41, 5.74) is 1.84. The van der Waals surface area contributed by atoms with Crippen LogP contribution in [0.2, 0.25) is 0 Å². The predicted octanol–water partition coefficient (Wildman–Crippen LogP) is 3.98. The summed E-state index contributed by atoms with van der Waals surface area (Å²) < 4.78 is 13.4. The van der Waals surface area contributed by atoms with Gasteiger partial charge in [-0.15, -0.1) is 0 Å². The van der Waals surface area contributed by atoms with Crippen LogP contribution >= 0.6 is 0 Å². The van der Waals surface area contributed by atoms with E-state index < -0.39 is 0 Å². The van der Waals surface area contributed by atoms with Crippen molar-refractivity contribution in [1.82, 2.24) is 0 Å². The van der Waals surface area contributed by atoms with Gasteiger partial charge >= 0.3 is 0 Å². The maximum atomic E-state index is 13.4. The normalized spacial score (nSPS) is 11.5. The molecule has 84 valence electrons. The molecule has 0 aliphatic heterocycles. The molecule has 1 aromatic rings. The first kappa shape index (κ1) is 12.0. The third kappa shape index (κ3) is 4.32. The standard InChI is InChI=1S/C13H20FN/c1-10-5-6-12(11(14)9-10)15-8-7-13(2,3)4/h5-6,9,15H,7-8H2,1-4H3. The van der Waals surface area contributed by atoms with E-state index in [0.717, 1.165) is 18.5 Å². The second-order valence-corrected chi connectivity index (χ2v) is 5.22. The van der Waals surface area contributed by atoms with Gasteiger partial charge in [0.1, 0.15) is 5.82 Å². The van der Waals surface area contributed by atoms with Crippen molar-refractivity contribution in [3.05, 3.63) is 29.6 Å². The highest BCUT2D eigenvalue weighted by Gasteiger charge is 2.09. The summed E-state index contributed by atoms with van der Waals surface area (Å²) in [5, 5.41) is 3.12. The van der Waals surface area contributed by atoms with Crippen molar-refractivity contribution in [2.75, 3.05) is 11.9 Å². The minimum Gasteiger partial charge on any atom is -0.383 e. The summed E-state index contributed by atoms with van der Waals surface area (Å²) in [4.78, 5) is 0. The zero-order chi connectivity index (χ0) is 11.5. The molecule has 0 bridgehead atoms. The topological polar surface area (TPSA) is 12.0 Å². The highest BCUT2D eigenvalue weighted by molar-refractivity contribution is 5.46. The molecule has 1 aromatic carbocycles. The van der Waals surface area contributed by atoms with Crippen molar-refractivity contribution in [2.24, 2.45) is 5.41 Å². The minimum absolute atomic E-state index is 0.163. The Hall–Kier alpha value is -1.05. The van der Waals surface area contributed by atoms with Gasteiger partial charge < -0.3 is 5.32 Å². The maximum absolute atomic E-state index is 13.4. The van der Waals surface area contributed by atoms with E-state index in [9.17, 15) is 4.39 Å². The molecule has 1 rings (SSSR count). The Balaban J connectivity index is 2.51. The van der Waals surface area contributed by atoms with E-state index in [4.69, 9.17) is 0 Å². The molecule has 0 radical (unpaired) electrons. The third-order valence-corrected chi connectivity index (χ3v) is 2.32. The van der Waals surface area contributed by atoms with Gasteiger partial charge in [-0.2, -0.15) is 0 Å². The van der Waals surface area contributed by atoms with E-state index >= 15 is 0 Å². The molecular weight excluding hydrogens is 189 g/mol. The highest BCUT2D eigenvalue weighted by Crippen LogP contribution is 2.20. The van der Waals surface area contributed by atoms with E-state index in [1.165, 1.54) is 0 Å². The summed E-state index contributed by atoms with van der Waals surface area (Å²) in [5.74, 6) is -0.163. The van der Waals surface area contributed by atoms with Crippen molar-refractivity contribution < 1.29 is 4.39 Å². The summed E-state index contributed by atoms with van der Waals surface area (Å²) in [6.45, 7) is 9.24. The van der Waals surface area contributed by atoms with E-state index in [0.29, 0.717) is 5.69 Å². The van der Waals surface area contributed by atoms with Crippen molar-refractivity contribution >= 4 is 5.69 Å². The molecule has 2 heteroatoms. The predicted molar refractivity (Wildman–Crippen MR) is 63.7 cm³/mol. The largest absolute Gasteiger partial charge is 0.383 e. The summed E-state index contributed by atoms with van der Waals surface area (Å²) >= 11 is 0. The number of hydrogen-bond donors (Lipinski definition) is 1. The van der Waals surface area contributed by atoms with Gasteiger partial charge in [0.05, 0.1) is 5.69 Å². The summed E-state index contributed by atoms with van der Waals surface area (Å²) in [6, 6.07) is 5.27. The summed E-state index contributed by atoms with van der Waals surface area (Å²) in [6.07, 6.45) is 1.03. The van der Waals surface area contributed by atoms with Gasteiger partial charge in [-0.3, -0.25) is 0 Å². The van der Waals surface area contributed by atoms with Crippen molar-refractivity contribution in [1.29, 1.82) is 0 Å². The number of hydrogen-bond acceptors (Lipinski definition) is 1. The van der Waals surface area contributed by atoms with E-state index in [1.54, 1.807) is 12.1 Å². The number of aryl methyl sites for hydroxylation is 1. The number of halogens is 1. The first-order valence-corrected chi connectivity index (χ1v) is 5.38. The van der Waals surface area contributed by atoms with Gasteiger partial charge in [0, 0.05) is 6.54 Å². The van der Waals surface area contributed by atoms with Crippen molar-refractivity contribution in [3.63, 3.8) is 0 Å². The van der Waals surface area contributed by atoms with Gasteiger partial charge in [0.2, 0.25) is 0 Å². The highest BCUT2D eigenvalue weighted by atomic mass is 19.1. The monoisotopic (exact) mass is 209 g/mol. The fraction of sp³-hybridized carbons (Fsp3) is 0.538. The second-order valence-electron chi connectivity index (χ2n) is 5.22. The molecule has 0 saturated heterocycles. The smallest absolute Gasteiger partial charge is 0.146 e. The van der Waals surface area contributed by atoms with Crippen LogP contribution < -0.4 is 5.32 Å². The Bertz CT molecular complexity index is 326. The van der Waals surface area contributed by atoms with Crippen LogP contribution in [0.15, 0.2) is 18.2 Å². The van der Waals surface area contributed by atoms with Gasteiger partial charge in [-0.25, -0.2) is 4.39 Å². The molecular formula is C13H20FN. The van der Waals surface area contributed by atoms with Crippen LogP contribution in [-0.2, 0) is 0 Å². The van der Waals surface area contributed by atoms with E-state index in [2.05, 4.69) is 26.1 Å². The molecule has 15 heavy (non-hydrogen) atoms. The molecule has 0 saturated carbocycles. The molecule has 0 aliphatic carbocycles. The van der Waals surface area contributed by atoms with Crippen LogP contribution in [0.25, 0.3) is 0 Å². The lowest BCUT2D eigenvalue weighted by Gasteiger charge is -2.18. The summed E-state index contributed by atoms with van der Waals surface area (Å²) in [7, 11) is 0. The Kier molecular flexibility index (Phi) is 3.72. The van der Waals surface area contributed by atoms with Crippen LogP contribution in [0.5, 0.6) is 0 Å². The lowest BCUT2D eigenvalue weighted by Crippen LogP contribution is -2.13. The quantitative estimate of drug-likeness (QED) is 0.794. The van der Waals surface area contributed by atoms with Crippen LogP contribution in [0, 0.1) is 18.2 Å². The first-order chi connectivity index (χ1) is 6.88. The van der Waals surface area contributed by atoms with Crippen LogP contribution in [0.3, 0.4) is 0 Å². The molecule has 0 heterocycles. The van der Waals surface area contributed by atoms with Crippen molar-refractivity contribution in [2.45, 2.75) is 34.1 Å². The number of benzene rings is 1. The van der Waals surface area contributed by atoms with E-state index in [1.807, 2.05) is 13.0 Å². The number of rotatable bonds is 3. The molecule has 0 spiro atoms. The number of anilines is 1. The lowest BCUT2D eigenvalue weighted by molar-refractivity contribution is 0.389. The molecule has 0 amide bonds. The molecule has 1 N–H and O–H groups in total. The fourth-order valence-corrected chi connectivity index (χ4v) is 1.34. The third-order valence-electron chi connectivity index (χ3n) is 2.32. The van der Waals surface area contributed by atoms with Crippen molar-refractivity contribution in [3.8, 4) is 0 Å². The molecule has 0 aliphatic rings. The maximum Gasteiger partial charge on any atom is 0.146 e. The van der Waals surface area contributed by atoms with E-state index in [-0.39, 0.29) is 11.2 Å². The van der Waals surface area contributed by atoms with Gasteiger partial charge in [0.25, 0.3) is 0 Å². The van der Waals surface area contributed by atoms with Gasteiger partial charge in [-0.05, 0) is 36.5 Å². The fourth-order valence-electron chi connectivity index (χ4n) is 1.34. The zero-order valence-electron chi connectivity index (χ0n) is 10.0. The first-order valence-electron chi connectivity index (χ1n) is 5.38. The Morgan fingerprint density at radius 2 is 1.93 bits per heavy atom. The van der Waals surface area contributed by atoms with Gasteiger partial charge in [0.15, 0.2) is 0 Å². The molecule has 0 atom stereocenters. The molecule has 1 nitrogen and oxygen atoms in total. The Morgan fingerprint density at radius 1 is 1.27 bits per heavy atom. The van der Waals surface area contributed by atoms with Crippen LogP contribution in [-0.4, -0.2) is 6.54 Å². The second kappa shape index (κ2) is 4.65. The Labute approximate surface area is 91.7 Å². The average Bonchev–Trinajstić information content (AvgIpc) is 2.07. The zero-order valence-corrected chi connectivity index (χ0v) is 10.0. The average molecular weight is 209 g/mol. The minimum atomic E-state index is -0.163.